The third-order valence-corrected chi connectivity index (χ3v) is 13.1. The van der Waals surface area contributed by atoms with Crippen molar-refractivity contribution in [2.24, 2.45) is 40.9 Å². The molecule has 2 saturated heterocycles. The highest BCUT2D eigenvalue weighted by molar-refractivity contribution is 5.29. The van der Waals surface area contributed by atoms with Gasteiger partial charge in [0.25, 0.3) is 0 Å². The van der Waals surface area contributed by atoms with E-state index in [1.807, 2.05) is 5.57 Å². The Balaban J connectivity index is 1.15. The van der Waals surface area contributed by atoms with Crippen molar-refractivity contribution in [1.82, 2.24) is 4.90 Å². The van der Waals surface area contributed by atoms with Crippen molar-refractivity contribution in [1.29, 1.82) is 0 Å². The molecule has 3 saturated carbocycles. The summed E-state index contributed by atoms with van der Waals surface area (Å²) in [7, 11) is 0. The highest BCUT2D eigenvalue weighted by Gasteiger charge is 2.60. The molecule has 4 aliphatic carbocycles. The zero-order chi connectivity index (χ0) is 26.2. The van der Waals surface area contributed by atoms with Gasteiger partial charge in [0.1, 0.15) is 0 Å². The quantitative estimate of drug-likeness (QED) is 0.415. The SMILES string of the molecule is CC1=C2C[C@H]3[C@@H](CC[C@@H]4C[C@@H](O)CC[C@@]43C)[C@@H]2CCC2(C1)O[C@@H]1C[C@H](C)CN(Cc3ccccc3)[C@H]1[C@H]2C. The second-order valence-electron chi connectivity index (χ2n) is 15.1. The summed E-state index contributed by atoms with van der Waals surface area (Å²) < 4.78 is 7.31. The van der Waals surface area contributed by atoms with Crippen molar-refractivity contribution in [2.45, 2.75) is 122 Å². The maximum Gasteiger partial charge on any atom is 0.0765 e. The molecule has 0 amide bonds. The Labute approximate surface area is 231 Å². The monoisotopic (exact) mass is 517 g/mol. The van der Waals surface area contributed by atoms with E-state index in [1.54, 1.807) is 5.57 Å². The minimum Gasteiger partial charge on any atom is -0.393 e. The Morgan fingerprint density at radius 3 is 2.66 bits per heavy atom. The standard InChI is InChI=1S/C35H51NO2/c1-22-16-32-33(36(20-22)21-25-8-6-5-7-9-25)24(3)35(38-32)15-13-28-29-11-10-26-17-27(37)12-14-34(26,4)31(29)18-30(28)23(2)19-35/h5-9,22,24,26-29,31-33,37H,10-21H2,1-4H3/t22-,24+,26+,27-,28-,29-,31-,32+,33-,34-,35?/m0/s1. The number of hydrogen-bond donors (Lipinski definition) is 1. The zero-order valence-corrected chi connectivity index (χ0v) is 24.4. The van der Waals surface area contributed by atoms with E-state index in [0.717, 1.165) is 49.5 Å². The molecule has 11 atom stereocenters. The van der Waals surface area contributed by atoms with Crippen LogP contribution in [-0.2, 0) is 11.3 Å². The van der Waals surface area contributed by atoms with Crippen LogP contribution in [0.1, 0.15) is 97.5 Å². The van der Waals surface area contributed by atoms with Gasteiger partial charge in [-0.25, -0.2) is 0 Å². The fourth-order valence-corrected chi connectivity index (χ4v) is 11.2. The molecule has 38 heavy (non-hydrogen) atoms. The molecule has 0 bridgehead atoms. The van der Waals surface area contributed by atoms with Crippen molar-refractivity contribution in [3.05, 3.63) is 47.0 Å². The van der Waals surface area contributed by atoms with Crippen LogP contribution in [-0.4, -0.2) is 40.4 Å². The lowest BCUT2D eigenvalue weighted by atomic mass is 9.52. The predicted molar refractivity (Wildman–Crippen MR) is 154 cm³/mol. The van der Waals surface area contributed by atoms with Gasteiger partial charge in [0.05, 0.1) is 17.8 Å². The Morgan fingerprint density at radius 1 is 1.03 bits per heavy atom. The summed E-state index contributed by atoms with van der Waals surface area (Å²) >= 11 is 0. The summed E-state index contributed by atoms with van der Waals surface area (Å²) in [5, 5.41) is 10.4. The molecule has 6 aliphatic rings. The van der Waals surface area contributed by atoms with Gasteiger partial charge >= 0.3 is 0 Å². The molecule has 0 radical (unpaired) electrons. The van der Waals surface area contributed by atoms with Crippen molar-refractivity contribution in [2.75, 3.05) is 6.54 Å². The van der Waals surface area contributed by atoms with E-state index in [1.165, 1.54) is 57.1 Å². The van der Waals surface area contributed by atoms with Gasteiger partial charge in [-0.05, 0) is 112 Å². The summed E-state index contributed by atoms with van der Waals surface area (Å²) in [6.07, 6.45) is 12.6. The van der Waals surface area contributed by atoms with Crippen LogP contribution in [0.4, 0.5) is 0 Å². The van der Waals surface area contributed by atoms with Gasteiger partial charge in [-0.2, -0.15) is 0 Å². The lowest BCUT2D eigenvalue weighted by Gasteiger charge is -2.53. The average molecular weight is 518 g/mol. The normalized spacial score (nSPS) is 48.8. The first-order valence-electron chi connectivity index (χ1n) is 16.1. The molecule has 0 aromatic heterocycles. The summed E-state index contributed by atoms with van der Waals surface area (Å²) in [6.45, 7) is 12.3. The molecule has 2 aliphatic heterocycles. The van der Waals surface area contributed by atoms with Crippen molar-refractivity contribution in [3.63, 3.8) is 0 Å². The van der Waals surface area contributed by atoms with Crippen molar-refractivity contribution < 1.29 is 9.84 Å². The molecular formula is C35H51NO2. The molecule has 1 spiro atoms. The number of allylic oxidation sites excluding steroid dienone is 1. The van der Waals surface area contributed by atoms with E-state index in [0.29, 0.717) is 29.4 Å². The van der Waals surface area contributed by atoms with Gasteiger partial charge in [0.15, 0.2) is 0 Å². The number of benzene rings is 1. The zero-order valence-electron chi connectivity index (χ0n) is 24.4. The smallest absolute Gasteiger partial charge is 0.0765 e. The second-order valence-corrected chi connectivity index (χ2v) is 15.1. The number of fused-ring (bicyclic) bond motifs is 6. The molecule has 1 unspecified atom stereocenters. The van der Waals surface area contributed by atoms with Crippen molar-refractivity contribution in [3.8, 4) is 0 Å². The molecule has 7 rings (SSSR count). The van der Waals surface area contributed by atoms with Crippen LogP contribution in [0.3, 0.4) is 0 Å². The molecule has 3 nitrogen and oxygen atoms in total. The fraction of sp³-hybridized carbons (Fsp3) is 0.771. The van der Waals surface area contributed by atoms with E-state index in [9.17, 15) is 5.11 Å². The molecular weight excluding hydrogens is 466 g/mol. The topological polar surface area (TPSA) is 32.7 Å². The van der Waals surface area contributed by atoms with E-state index in [2.05, 4.69) is 62.9 Å². The van der Waals surface area contributed by atoms with Crippen LogP contribution in [0.2, 0.25) is 0 Å². The lowest BCUT2D eigenvalue weighted by molar-refractivity contribution is -0.0843. The number of rotatable bonds is 2. The number of nitrogens with zero attached hydrogens (tertiary/aromatic N) is 1. The maximum absolute atomic E-state index is 10.4. The molecule has 3 heteroatoms. The molecule has 208 valence electrons. The van der Waals surface area contributed by atoms with Crippen molar-refractivity contribution >= 4 is 0 Å². The third kappa shape index (κ3) is 4.00. The fourth-order valence-electron chi connectivity index (χ4n) is 11.2. The molecule has 1 aromatic rings. The summed E-state index contributed by atoms with van der Waals surface area (Å²) in [4.78, 5) is 2.79. The van der Waals surface area contributed by atoms with E-state index in [4.69, 9.17) is 4.74 Å². The minimum absolute atomic E-state index is 0.0152. The van der Waals surface area contributed by atoms with E-state index >= 15 is 0 Å². The van der Waals surface area contributed by atoms with E-state index < -0.39 is 0 Å². The van der Waals surface area contributed by atoms with Crippen LogP contribution in [0.15, 0.2) is 41.5 Å². The lowest BCUT2D eigenvalue weighted by Crippen LogP contribution is -2.51. The summed E-state index contributed by atoms with van der Waals surface area (Å²) in [6, 6.07) is 11.6. The Hall–Kier alpha value is -1.16. The van der Waals surface area contributed by atoms with Gasteiger partial charge in [-0.15, -0.1) is 0 Å². The highest BCUT2D eigenvalue weighted by atomic mass is 16.5. The number of likely N-dealkylation sites (tertiary alicyclic amines) is 1. The van der Waals surface area contributed by atoms with Crippen LogP contribution in [0, 0.1) is 40.9 Å². The first-order valence-corrected chi connectivity index (χ1v) is 16.1. The largest absolute Gasteiger partial charge is 0.393 e. The Kier molecular flexibility index (Phi) is 6.41. The van der Waals surface area contributed by atoms with Crippen LogP contribution >= 0.6 is 0 Å². The Morgan fingerprint density at radius 2 is 1.84 bits per heavy atom. The molecule has 2 heterocycles. The van der Waals surface area contributed by atoms with Crippen LogP contribution in [0.5, 0.6) is 0 Å². The van der Waals surface area contributed by atoms with Crippen LogP contribution < -0.4 is 0 Å². The molecule has 1 aromatic carbocycles. The number of piperidine rings is 1. The highest BCUT2D eigenvalue weighted by Crippen LogP contribution is 2.65. The Bertz CT molecular complexity index is 1070. The third-order valence-electron chi connectivity index (χ3n) is 13.1. The minimum atomic E-state index is -0.0500. The number of aliphatic hydroxyl groups excluding tert-OH is 1. The van der Waals surface area contributed by atoms with Gasteiger partial charge in [0, 0.05) is 25.0 Å². The average Bonchev–Trinajstić information content (AvgIpc) is 3.35. The van der Waals surface area contributed by atoms with E-state index in [-0.39, 0.29) is 11.7 Å². The van der Waals surface area contributed by atoms with Gasteiger partial charge in [0.2, 0.25) is 0 Å². The summed E-state index contributed by atoms with van der Waals surface area (Å²) in [5.41, 5.74) is 5.42. The van der Waals surface area contributed by atoms with Gasteiger partial charge < -0.3 is 9.84 Å². The number of aliphatic hydroxyl groups is 1. The number of hydrogen-bond acceptors (Lipinski definition) is 3. The second kappa shape index (κ2) is 9.45. The predicted octanol–water partition coefficient (Wildman–Crippen LogP) is 7.38. The first kappa shape index (κ1) is 25.8. The van der Waals surface area contributed by atoms with Crippen LogP contribution in [0.25, 0.3) is 0 Å². The molecule has 1 N–H and O–H groups in total. The maximum atomic E-state index is 10.4. The summed E-state index contributed by atoms with van der Waals surface area (Å²) in [5.74, 6) is 4.48. The van der Waals surface area contributed by atoms with Gasteiger partial charge in [-0.3, -0.25) is 4.90 Å². The first-order chi connectivity index (χ1) is 18.3. The molecule has 5 fully saturated rings. The van der Waals surface area contributed by atoms with Gasteiger partial charge in [-0.1, -0.05) is 62.2 Å². The number of ether oxygens (including phenoxy) is 1.